The Balaban J connectivity index is 2.23. The summed E-state index contributed by atoms with van der Waals surface area (Å²) in [5.41, 5.74) is 0. The molecule has 1 aromatic rings. The summed E-state index contributed by atoms with van der Waals surface area (Å²) >= 11 is 6.87. The Morgan fingerprint density at radius 2 is 2.46 bits per heavy atom. The second-order valence-corrected chi connectivity index (χ2v) is 4.81. The van der Waals surface area contributed by atoms with Crippen LogP contribution in [0.4, 0.5) is 0 Å². The zero-order valence-electron chi connectivity index (χ0n) is 7.19. The summed E-state index contributed by atoms with van der Waals surface area (Å²) in [5, 5.41) is 7.27. The van der Waals surface area contributed by atoms with Crippen LogP contribution in [0.1, 0.15) is 30.3 Å². The van der Waals surface area contributed by atoms with Gasteiger partial charge in [0.2, 0.25) is 4.77 Å². The zero-order chi connectivity index (χ0) is 9.26. The van der Waals surface area contributed by atoms with Crippen molar-refractivity contribution < 1.29 is 0 Å². The first-order valence-corrected chi connectivity index (χ1v) is 5.79. The van der Waals surface area contributed by atoms with Crippen LogP contribution in [-0.4, -0.2) is 20.6 Å². The lowest BCUT2D eigenvalue weighted by atomic mass is 10.2. The van der Waals surface area contributed by atoms with Crippen LogP contribution in [0.25, 0.3) is 0 Å². The van der Waals surface area contributed by atoms with E-state index in [0.29, 0.717) is 10.0 Å². The standard InChI is InChI=1S/C7H12N4S2/c8-11-6(9-10-7(11)12)5-3-1-2-4-13-5/h5H,1-4,8H2,(H,10,12). The Morgan fingerprint density at radius 1 is 1.62 bits per heavy atom. The van der Waals surface area contributed by atoms with Crippen LogP contribution in [0.5, 0.6) is 0 Å². The van der Waals surface area contributed by atoms with E-state index in [2.05, 4.69) is 10.2 Å². The van der Waals surface area contributed by atoms with Crippen molar-refractivity contribution in [2.24, 2.45) is 0 Å². The van der Waals surface area contributed by atoms with E-state index < -0.39 is 0 Å². The average Bonchev–Trinajstić information content (AvgIpc) is 2.49. The Morgan fingerprint density at radius 3 is 3.00 bits per heavy atom. The van der Waals surface area contributed by atoms with E-state index in [4.69, 9.17) is 18.1 Å². The number of aromatic amines is 1. The van der Waals surface area contributed by atoms with Crippen molar-refractivity contribution in [2.75, 3.05) is 11.6 Å². The summed E-state index contributed by atoms with van der Waals surface area (Å²) in [5.74, 6) is 7.82. The van der Waals surface area contributed by atoms with Crippen LogP contribution in [-0.2, 0) is 0 Å². The quantitative estimate of drug-likeness (QED) is 0.553. The summed E-state index contributed by atoms with van der Waals surface area (Å²) in [6.07, 6.45) is 3.72. The van der Waals surface area contributed by atoms with E-state index in [-0.39, 0.29) is 0 Å². The number of aromatic nitrogens is 3. The van der Waals surface area contributed by atoms with Gasteiger partial charge in [0, 0.05) is 0 Å². The van der Waals surface area contributed by atoms with Gasteiger partial charge in [0.15, 0.2) is 5.82 Å². The maximum atomic E-state index is 5.74. The van der Waals surface area contributed by atoms with E-state index >= 15 is 0 Å². The van der Waals surface area contributed by atoms with Crippen LogP contribution in [0.3, 0.4) is 0 Å². The monoisotopic (exact) mass is 216 g/mol. The molecule has 1 atom stereocenters. The molecule has 1 aliphatic rings. The van der Waals surface area contributed by atoms with Crippen molar-refractivity contribution in [3.63, 3.8) is 0 Å². The Kier molecular flexibility index (Phi) is 2.59. The Labute approximate surface area is 85.9 Å². The van der Waals surface area contributed by atoms with Crippen LogP contribution in [0.15, 0.2) is 0 Å². The van der Waals surface area contributed by atoms with Crippen LogP contribution < -0.4 is 5.84 Å². The molecule has 6 heteroatoms. The van der Waals surface area contributed by atoms with Gasteiger partial charge in [-0.3, -0.25) is 5.10 Å². The maximum Gasteiger partial charge on any atom is 0.214 e. The topological polar surface area (TPSA) is 59.6 Å². The molecule has 2 rings (SSSR count). The van der Waals surface area contributed by atoms with Gasteiger partial charge in [-0.15, -0.1) is 0 Å². The van der Waals surface area contributed by atoms with Gasteiger partial charge in [-0.1, -0.05) is 6.42 Å². The largest absolute Gasteiger partial charge is 0.335 e. The molecule has 1 aromatic heterocycles. The lowest BCUT2D eigenvalue weighted by Gasteiger charge is -2.19. The molecule has 1 fully saturated rings. The molecule has 0 aromatic carbocycles. The van der Waals surface area contributed by atoms with Gasteiger partial charge in [0.25, 0.3) is 0 Å². The van der Waals surface area contributed by atoms with Crippen molar-refractivity contribution in [2.45, 2.75) is 24.5 Å². The molecule has 0 aliphatic carbocycles. The molecular formula is C7H12N4S2. The lowest BCUT2D eigenvalue weighted by Crippen LogP contribution is -2.16. The average molecular weight is 216 g/mol. The molecule has 0 saturated carbocycles. The SMILES string of the molecule is Nn1c(C2CCCCS2)n[nH]c1=S. The van der Waals surface area contributed by atoms with E-state index in [1.165, 1.54) is 23.3 Å². The molecule has 0 radical (unpaired) electrons. The summed E-state index contributed by atoms with van der Waals surface area (Å²) in [6.45, 7) is 0. The van der Waals surface area contributed by atoms with Gasteiger partial charge in [-0.25, -0.2) is 4.68 Å². The fraction of sp³-hybridized carbons (Fsp3) is 0.714. The third-order valence-corrected chi connectivity index (χ3v) is 3.86. The van der Waals surface area contributed by atoms with Gasteiger partial charge in [0.05, 0.1) is 5.25 Å². The highest BCUT2D eigenvalue weighted by Gasteiger charge is 2.20. The molecule has 1 saturated heterocycles. The Bertz CT molecular complexity index is 337. The second kappa shape index (κ2) is 3.71. The minimum Gasteiger partial charge on any atom is -0.335 e. The maximum absolute atomic E-state index is 5.74. The molecule has 4 nitrogen and oxygen atoms in total. The smallest absolute Gasteiger partial charge is 0.214 e. The summed E-state index contributed by atoms with van der Waals surface area (Å²) in [7, 11) is 0. The molecule has 0 spiro atoms. The van der Waals surface area contributed by atoms with Gasteiger partial charge < -0.3 is 5.84 Å². The van der Waals surface area contributed by atoms with Crippen molar-refractivity contribution in [3.05, 3.63) is 10.6 Å². The molecule has 13 heavy (non-hydrogen) atoms. The predicted octanol–water partition coefficient (Wildman–Crippen LogP) is 1.61. The number of nitrogens with zero attached hydrogens (tertiary/aromatic N) is 2. The molecule has 3 N–H and O–H groups in total. The van der Waals surface area contributed by atoms with Crippen molar-refractivity contribution in [3.8, 4) is 0 Å². The predicted molar refractivity (Wildman–Crippen MR) is 56.6 cm³/mol. The van der Waals surface area contributed by atoms with Gasteiger partial charge >= 0.3 is 0 Å². The van der Waals surface area contributed by atoms with Gasteiger partial charge in [-0.05, 0) is 30.8 Å². The molecule has 1 unspecified atom stereocenters. The third kappa shape index (κ3) is 1.73. The fourth-order valence-corrected chi connectivity index (χ4v) is 2.93. The normalized spacial score (nSPS) is 23.2. The number of thioether (sulfide) groups is 1. The van der Waals surface area contributed by atoms with E-state index in [1.807, 2.05) is 11.8 Å². The number of nitrogens with one attached hydrogen (secondary N) is 1. The minimum absolute atomic E-state index is 0.423. The molecular weight excluding hydrogens is 204 g/mol. The molecule has 72 valence electrons. The molecule has 2 heterocycles. The van der Waals surface area contributed by atoms with E-state index in [0.717, 1.165) is 12.2 Å². The number of rotatable bonds is 1. The summed E-state index contributed by atoms with van der Waals surface area (Å²) in [4.78, 5) is 0. The first-order valence-electron chi connectivity index (χ1n) is 4.33. The van der Waals surface area contributed by atoms with Crippen molar-refractivity contribution in [1.29, 1.82) is 0 Å². The number of hydrogen-bond acceptors (Lipinski definition) is 4. The minimum atomic E-state index is 0.423. The highest BCUT2D eigenvalue weighted by molar-refractivity contribution is 7.99. The van der Waals surface area contributed by atoms with Crippen LogP contribution in [0, 0.1) is 4.77 Å². The van der Waals surface area contributed by atoms with E-state index in [1.54, 1.807) is 0 Å². The van der Waals surface area contributed by atoms with Crippen LogP contribution >= 0.6 is 24.0 Å². The number of hydrogen-bond donors (Lipinski definition) is 2. The summed E-state index contributed by atoms with van der Waals surface area (Å²) < 4.78 is 1.99. The first-order chi connectivity index (χ1) is 6.29. The van der Waals surface area contributed by atoms with Crippen molar-refractivity contribution in [1.82, 2.24) is 14.9 Å². The second-order valence-electron chi connectivity index (χ2n) is 3.11. The highest BCUT2D eigenvalue weighted by Crippen LogP contribution is 2.36. The number of H-pyrrole nitrogens is 1. The Hall–Kier alpha value is -0.490. The molecule has 0 bridgehead atoms. The van der Waals surface area contributed by atoms with Crippen LogP contribution in [0.2, 0.25) is 0 Å². The highest BCUT2D eigenvalue weighted by atomic mass is 32.2. The molecule has 0 amide bonds. The number of nitrogens with two attached hydrogens (primary N) is 1. The first kappa shape index (κ1) is 9.08. The molecule has 1 aliphatic heterocycles. The summed E-state index contributed by atoms with van der Waals surface area (Å²) in [6, 6.07) is 0. The lowest BCUT2D eigenvalue weighted by molar-refractivity contribution is 0.648. The van der Waals surface area contributed by atoms with Crippen molar-refractivity contribution >= 4 is 24.0 Å². The van der Waals surface area contributed by atoms with Gasteiger partial charge in [-0.2, -0.15) is 16.9 Å². The van der Waals surface area contributed by atoms with Gasteiger partial charge in [0.1, 0.15) is 0 Å². The third-order valence-electron chi connectivity index (χ3n) is 2.20. The van der Waals surface area contributed by atoms with E-state index in [9.17, 15) is 0 Å². The zero-order valence-corrected chi connectivity index (χ0v) is 8.83. The number of nitrogen functional groups attached to an aromatic ring is 1. The fourth-order valence-electron chi connectivity index (χ4n) is 1.49.